The van der Waals surface area contributed by atoms with Crippen molar-refractivity contribution in [3.63, 3.8) is 0 Å². The molecule has 0 heterocycles. The minimum Gasteiger partial charge on any atom is -0.493 e. The molecule has 14 heteroatoms. The first-order valence-electron chi connectivity index (χ1n) is 7.75. The molecule has 0 aliphatic heterocycles. The number of carboxylic acid groups (broad SMARTS) is 1. The number of halogens is 2. The average Bonchev–Trinajstić information content (AvgIpc) is 2.67. The van der Waals surface area contributed by atoms with Gasteiger partial charge in [0.25, 0.3) is 10.0 Å². The molecule has 0 bridgehead atoms. The lowest BCUT2D eigenvalue weighted by atomic mass is 10.1. The van der Waals surface area contributed by atoms with E-state index in [-0.39, 0.29) is 11.5 Å². The highest BCUT2D eigenvalue weighted by molar-refractivity contribution is 7.92. The molecule has 0 saturated heterocycles. The number of hydrogen-bond acceptors (Lipinski definition) is 8. The molecule has 0 spiro atoms. The number of anilines is 1. The maximum atomic E-state index is 12.7. The van der Waals surface area contributed by atoms with Gasteiger partial charge in [0.05, 0.1) is 35.3 Å². The largest absolute Gasteiger partial charge is 0.493 e. The van der Waals surface area contributed by atoms with Gasteiger partial charge in [-0.15, -0.1) is 0 Å². The minimum absolute atomic E-state index is 0.194. The Kier molecular flexibility index (Phi) is 6.61. The van der Waals surface area contributed by atoms with Crippen LogP contribution in [0.25, 0.3) is 0 Å². The first-order valence-corrected chi connectivity index (χ1v) is 9.23. The number of benzene rings is 2. The zero-order chi connectivity index (χ0) is 22.6. The Morgan fingerprint density at radius 3 is 2.27 bits per heavy atom. The second kappa shape index (κ2) is 8.77. The molecule has 0 aliphatic carbocycles. The van der Waals surface area contributed by atoms with Crippen molar-refractivity contribution in [1.29, 1.82) is 0 Å². The third kappa shape index (κ3) is 4.83. The monoisotopic (exact) mass is 448 g/mol. The van der Waals surface area contributed by atoms with Crippen molar-refractivity contribution < 1.29 is 46.2 Å². The number of sulfonamides is 1. The number of rotatable bonds is 9. The van der Waals surface area contributed by atoms with E-state index in [9.17, 15) is 37.2 Å². The van der Waals surface area contributed by atoms with Gasteiger partial charge in [-0.05, 0) is 12.1 Å². The Balaban J connectivity index is 2.56. The van der Waals surface area contributed by atoms with Crippen molar-refractivity contribution in [1.82, 2.24) is 0 Å². The fourth-order valence-electron chi connectivity index (χ4n) is 2.35. The lowest BCUT2D eigenvalue weighted by molar-refractivity contribution is -0.386. The van der Waals surface area contributed by atoms with Crippen LogP contribution in [-0.4, -0.2) is 45.2 Å². The highest BCUT2D eigenvalue weighted by Gasteiger charge is 2.25. The SMILES string of the molecule is COc1cc(NS(=O)(=O)c2ccc(OC)c([N+](=O)[O-])c2)c(C(=O)O)cc1OC(F)F. The second-order valence-electron chi connectivity index (χ2n) is 5.43. The smallest absolute Gasteiger partial charge is 0.387 e. The summed E-state index contributed by atoms with van der Waals surface area (Å²) in [6.07, 6.45) is 0. The normalized spacial score (nSPS) is 11.1. The molecular formula is C16H14F2N2O9S. The van der Waals surface area contributed by atoms with E-state index in [2.05, 4.69) is 4.74 Å². The molecule has 30 heavy (non-hydrogen) atoms. The van der Waals surface area contributed by atoms with E-state index >= 15 is 0 Å². The Morgan fingerprint density at radius 1 is 1.13 bits per heavy atom. The van der Waals surface area contributed by atoms with Crippen LogP contribution in [0, 0.1) is 10.1 Å². The van der Waals surface area contributed by atoms with Crippen molar-refractivity contribution in [2.75, 3.05) is 18.9 Å². The Labute approximate surface area is 168 Å². The number of ether oxygens (including phenoxy) is 3. The number of nitro benzene ring substituents is 1. The quantitative estimate of drug-likeness (QED) is 0.435. The van der Waals surface area contributed by atoms with E-state index < -0.39 is 55.1 Å². The first kappa shape index (κ1) is 22.6. The second-order valence-corrected chi connectivity index (χ2v) is 7.11. The van der Waals surface area contributed by atoms with Gasteiger partial charge >= 0.3 is 18.3 Å². The molecule has 2 aromatic carbocycles. The van der Waals surface area contributed by atoms with Crippen LogP contribution < -0.4 is 18.9 Å². The van der Waals surface area contributed by atoms with Crippen LogP contribution in [0.2, 0.25) is 0 Å². The number of hydrogen-bond donors (Lipinski definition) is 2. The van der Waals surface area contributed by atoms with Crippen LogP contribution in [0.5, 0.6) is 17.2 Å². The number of alkyl halides is 2. The van der Waals surface area contributed by atoms with Gasteiger partial charge in [-0.2, -0.15) is 8.78 Å². The van der Waals surface area contributed by atoms with E-state index in [0.29, 0.717) is 12.1 Å². The van der Waals surface area contributed by atoms with E-state index in [1.54, 1.807) is 0 Å². The van der Waals surface area contributed by atoms with Gasteiger partial charge in [0.15, 0.2) is 17.2 Å². The third-order valence-electron chi connectivity index (χ3n) is 3.65. The van der Waals surface area contributed by atoms with E-state index in [4.69, 9.17) is 9.47 Å². The molecule has 0 unspecified atom stereocenters. The molecule has 0 fully saturated rings. The fraction of sp³-hybridized carbons (Fsp3) is 0.188. The number of nitrogens with zero attached hydrogens (tertiary/aromatic N) is 1. The molecule has 0 atom stereocenters. The summed E-state index contributed by atoms with van der Waals surface area (Å²) in [7, 11) is -2.30. The van der Waals surface area contributed by atoms with Gasteiger partial charge in [0.2, 0.25) is 0 Å². The lowest BCUT2D eigenvalue weighted by Crippen LogP contribution is -2.16. The van der Waals surface area contributed by atoms with Crippen LogP contribution in [0.3, 0.4) is 0 Å². The van der Waals surface area contributed by atoms with Crippen molar-refractivity contribution in [3.8, 4) is 17.2 Å². The summed E-state index contributed by atoms with van der Waals surface area (Å²) in [6.45, 7) is -3.29. The maximum Gasteiger partial charge on any atom is 0.387 e. The molecule has 0 aromatic heterocycles. The molecule has 0 aliphatic rings. The zero-order valence-electron chi connectivity index (χ0n) is 15.3. The van der Waals surface area contributed by atoms with E-state index in [1.165, 1.54) is 0 Å². The highest BCUT2D eigenvalue weighted by Crippen LogP contribution is 2.36. The summed E-state index contributed by atoms with van der Waals surface area (Å²) in [5.41, 5.74) is -1.91. The maximum absolute atomic E-state index is 12.7. The number of nitrogens with one attached hydrogen (secondary N) is 1. The number of carboxylic acids is 1. The topological polar surface area (TPSA) is 154 Å². The Morgan fingerprint density at radius 2 is 1.77 bits per heavy atom. The molecule has 2 aromatic rings. The first-order chi connectivity index (χ1) is 14.0. The summed E-state index contributed by atoms with van der Waals surface area (Å²) in [5.74, 6) is -2.86. The van der Waals surface area contributed by atoms with Gasteiger partial charge in [0.1, 0.15) is 0 Å². The predicted molar refractivity (Wildman–Crippen MR) is 97.0 cm³/mol. The predicted octanol–water partition coefficient (Wildman–Crippen LogP) is 2.71. The van der Waals surface area contributed by atoms with Crippen molar-refractivity contribution in [2.24, 2.45) is 0 Å². The number of carbonyl (C=O) groups is 1. The van der Waals surface area contributed by atoms with E-state index in [0.717, 1.165) is 32.4 Å². The van der Waals surface area contributed by atoms with Gasteiger partial charge in [-0.1, -0.05) is 0 Å². The standard InChI is InChI=1S/C16H14F2N2O9S/c1-27-12-4-3-8(5-11(12)20(23)24)30(25,26)19-10-7-13(28-2)14(29-16(17)18)6-9(10)15(21)22/h3-7,16,19H,1-2H3,(H,21,22). The summed E-state index contributed by atoms with van der Waals surface area (Å²) >= 11 is 0. The molecule has 0 amide bonds. The third-order valence-corrected chi connectivity index (χ3v) is 5.02. The molecule has 11 nitrogen and oxygen atoms in total. The Bertz CT molecular complexity index is 1090. The van der Waals surface area contributed by atoms with Gasteiger partial charge in [-0.3, -0.25) is 14.8 Å². The van der Waals surface area contributed by atoms with Crippen LogP contribution in [0.15, 0.2) is 35.2 Å². The summed E-state index contributed by atoms with van der Waals surface area (Å²) in [6, 6.07) is 4.25. The Hall–Kier alpha value is -3.68. The minimum atomic E-state index is -4.53. The summed E-state index contributed by atoms with van der Waals surface area (Å²) in [5, 5.41) is 20.4. The van der Waals surface area contributed by atoms with Crippen molar-refractivity contribution in [3.05, 3.63) is 46.0 Å². The molecule has 162 valence electrons. The number of aromatic carboxylic acids is 1. The zero-order valence-corrected chi connectivity index (χ0v) is 16.1. The van der Waals surface area contributed by atoms with Crippen LogP contribution >= 0.6 is 0 Å². The van der Waals surface area contributed by atoms with Gasteiger partial charge < -0.3 is 19.3 Å². The summed E-state index contributed by atoms with van der Waals surface area (Å²) in [4.78, 5) is 21.2. The van der Waals surface area contributed by atoms with Crippen molar-refractivity contribution in [2.45, 2.75) is 11.5 Å². The molecule has 2 N–H and O–H groups in total. The molecule has 2 rings (SSSR count). The highest BCUT2D eigenvalue weighted by atomic mass is 32.2. The lowest BCUT2D eigenvalue weighted by Gasteiger charge is -2.15. The average molecular weight is 448 g/mol. The van der Waals surface area contributed by atoms with Crippen LogP contribution in [0.1, 0.15) is 10.4 Å². The molecule has 0 saturated carbocycles. The van der Waals surface area contributed by atoms with E-state index in [1.807, 2.05) is 4.72 Å². The molecular weight excluding hydrogens is 434 g/mol. The van der Waals surface area contributed by atoms with Gasteiger partial charge in [0, 0.05) is 18.2 Å². The van der Waals surface area contributed by atoms with Gasteiger partial charge in [-0.25, -0.2) is 13.2 Å². The van der Waals surface area contributed by atoms with Crippen LogP contribution in [0.4, 0.5) is 20.2 Å². The summed E-state index contributed by atoms with van der Waals surface area (Å²) < 4.78 is 66.1. The van der Waals surface area contributed by atoms with Crippen LogP contribution in [-0.2, 0) is 10.0 Å². The molecule has 0 radical (unpaired) electrons. The number of methoxy groups -OCH3 is 2. The fourth-order valence-corrected chi connectivity index (χ4v) is 3.44. The van der Waals surface area contributed by atoms with Crippen molar-refractivity contribution >= 4 is 27.4 Å². The number of nitro groups is 1.